The number of guanidine groups is 1. The largest absolute Gasteiger partial charge is 0.464 e. The molecule has 4 nitrogen and oxygen atoms in total. The highest BCUT2D eigenvalue weighted by Gasteiger charge is 2.40. The third kappa shape index (κ3) is 1.94. The molecule has 2 aromatic rings. The van der Waals surface area contributed by atoms with Gasteiger partial charge < -0.3 is 15.1 Å². The van der Waals surface area contributed by atoms with Gasteiger partial charge in [-0.2, -0.15) is 0 Å². The number of rotatable bonds is 1. The van der Waals surface area contributed by atoms with Gasteiger partial charge in [-0.25, -0.2) is 4.99 Å². The van der Waals surface area contributed by atoms with Gasteiger partial charge in [0, 0.05) is 19.2 Å². The predicted molar refractivity (Wildman–Crippen MR) is 83.2 cm³/mol. The molecule has 0 bridgehead atoms. The highest BCUT2D eigenvalue weighted by molar-refractivity contribution is 5.80. The van der Waals surface area contributed by atoms with Crippen LogP contribution in [0, 0.1) is 0 Å². The number of nitrogens with two attached hydrogens (primary N) is 1. The fourth-order valence-corrected chi connectivity index (χ4v) is 3.68. The van der Waals surface area contributed by atoms with Crippen LogP contribution in [-0.2, 0) is 12.8 Å². The Bertz CT molecular complexity index is 705. The molecule has 1 spiro atoms. The molecule has 0 amide bonds. The summed E-state index contributed by atoms with van der Waals surface area (Å²) in [6, 6.07) is 10.4. The average Bonchev–Trinajstić information content (AvgIpc) is 3.08. The first kappa shape index (κ1) is 12.5. The van der Waals surface area contributed by atoms with Gasteiger partial charge in [0.15, 0.2) is 5.96 Å². The van der Waals surface area contributed by atoms with Gasteiger partial charge in [-0.1, -0.05) is 18.2 Å². The molecule has 21 heavy (non-hydrogen) atoms. The minimum absolute atomic E-state index is 0.0341. The molecule has 2 N–H and O–H groups in total. The van der Waals surface area contributed by atoms with Crippen LogP contribution in [0.5, 0.6) is 0 Å². The van der Waals surface area contributed by atoms with E-state index in [4.69, 9.17) is 15.1 Å². The summed E-state index contributed by atoms with van der Waals surface area (Å²) in [6.07, 6.45) is 4.76. The summed E-state index contributed by atoms with van der Waals surface area (Å²) in [5.41, 5.74) is 9.94. The number of hydrogen-bond donors (Lipinski definition) is 1. The molecule has 1 aromatic heterocycles. The summed E-state index contributed by atoms with van der Waals surface area (Å²) in [7, 11) is 2.02. The van der Waals surface area contributed by atoms with Crippen LogP contribution >= 0.6 is 0 Å². The summed E-state index contributed by atoms with van der Waals surface area (Å²) in [5, 5.41) is 0. The quantitative estimate of drug-likeness (QED) is 0.873. The van der Waals surface area contributed by atoms with Crippen LogP contribution < -0.4 is 5.73 Å². The lowest BCUT2D eigenvalue weighted by Gasteiger charge is -2.33. The fourth-order valence-electron chi connectivity index (χ4n) is 3.68. The molecule has 2 heterocycles. The second-order valence-electron chi connectivity index (χ2n) is 6.15. The zero-order chi connectivity index (χ0) is 14.4. The highest BCUT2D eigenvalue weighted by atomic mass is 16.3. The number of hydrogen-bond acceptors (Lipinski definition) is 4. The van der Waals surface area contributed by atoms with E-state index >= 15 is 0 Å². The van der Waals surface area contributed by atoms with E-state index in [1.165, 1.54) is 16.7 Å². The first-order valence-corrected chi connectivity index (χ1v) is 7.38. The van der Waals surface area contributed by atoms with Gasteiger partial charge in [0.1, 0.15) is 5.76 Å². The van der Waals surface area contributed by atoms with Gasteiger partial charge in [-0.3, -0.25) is 0 Å². The number of furan rings is 1. The van der Waals surface area contributed by atoms with E-state index in [-0.39, 0.29) is 5.54 Å². The van der Waals surface area contributed by atoms with Crippen LogP contribution in [0.2, 0.25) is 0 Å². The predicted octanol–water partition coefficient (Wildman–Crippen LogP) is 2.43. The third-order valence-electron chi connectivity index (χ3n) is 4.69. The third-order valence-corrected chi connectivity index (χ3v) is 4.69. The molecule has 0 saturated carbocycles. The van der Waals surface area contributed by atoms with Crippen LogP contribution in [0.3, 0.4) is 0 Å². The van der Waals surface area contributed by atoms with Crippen molar-refractivity contribution in [2.45, 2.75) is 24.8 Å². The summed E-state index contributed by atoms with van der Waals surface area (Å²) in [5.74, 6) is 1.62. The Hall–Kier alpha value is -2.23. The number of benzene rings is 1. The number of fused-ring (bicyclic) bond motifs is 1. The van der Waals surface area contributed by atoms with Crippen molar-refractivity contribution in [3.63, 3.8) is 0 Å². The summed E-state index contributed by atoms with van der Waals surface area (Å²) in [6.45, 7) is 0.920. The van der Waals surface area contributed by atoms with Crippen molar-refractivity contribution in [1.82, 2.24) is 4.90 Å². The smallest absolute Gasteiger partial charge is 0.191 e. The van der Waals surface area contributed by atoms with E-state index in [1.54, 1.807) is 6.26 Å². The molecule has 0 fully saturated rings. The van der Waals surface area contributed by atoms with Crippen molar-refractivity contribution in [2.75, 3.05) is 13.6 Å². The lowest BCUT2D eigenvalue weighted by molar-refractivity contribution is 0.335. The van der Waals surface area contributed by atoms with E-state index in [1.807, 2.05) is 19.2 Å². The summed E-state index contributed by atoms with van der Waals surface area (Å²) < 4.78 is 5.58. The van der Waals surface area contributed by atoms with Gasteiger partial charge in [0.25, 0.3) is 0 Å². The van der Waals surface area contributed by atoms with Crippen molar-refractivity contribution in [3.8, 4) is 11.3 Å². The van der Waals surface area contributed by atoms with Gasteiger partial charge in [0.05, 0.1) is 11.8 Å². The Morgan fingerprint density at radius 2 is 2.19 bits per heavy atom. The molecule has 4 rings (SSSR count). The maximum Gasteiger partial charge on any atom is 0.191 e. The van der Waals surface area contributed by atoms with Crippen LogP contribution in [0.25, 0.3) is 11.3 Å². The van der Waals surface area contributed by atoms with E-state index in [0.717, 1.165) is 31.6 Å². The molecule has 0 radical (unpaired) electrons. The van der Waals surface area contributed by atoms with Crippen molar-refractivity contribution >= 4 is 5.96 Å². The molecule has 4 heteroatoms. The molecule has 1 aliphatic carbocycles. The Labute approximate surface area is 124 Å². The van der Waals surface area contributed by atoms with Crippen molar-refractivity contribution < 1.29 is 4.42 Å². The number of aliphatic imine (C=N–C) groups is 1. The zero-order valence-electron chi connectivity index (χ0n) is 12.2. The zero-order valence-corrected chi connectivity index (χ0v) is 12.2. The minimum Gasteiger partial charge on any atom is -0.464 e. The number of nitrogens with zero attached hydrogens (tertiary/aromatic N) is 2. The monoisotopic (exact) mass is 281 g/mol. The maximum atomic E-state index is 5.97. The normalized spacial score (nSPS) is 24.2. The molecule has 108 valence electrons. The van der Waals surface area contributed by atoms with Crippen LogP contribution in [0.15, 0.2) is 46.0 Å². The van der Waals surface area contributed by atoms with E-state index in [2.05, 4.69) is 23.1 Å². The first-order valence-electron chi connectivity index (χ1n) is 7.38. The fraction of sp³-hybridized carbons (Fsp3) is 0.353. The molecule has 1 atom stereocenters. The number of likely N-dealkylation sites (N-methyl/N-ethyl adjacent to an activating group) is 1. The second-order valence-corrected chi connectivity index (χ2v) is 6.15. The molecule has 1 aromatic carbocycles. The topological polar surface area (TPSA) is 54.8 Å². The highest BCUT2D eigenvalue weighted by Crippen LogP contribution is 2.39. The van der Waals surface area contributed by atoms with Crippen molar-refractivity contribution in [3.05, 3.63) is 47.7 Å². The lowest BCUT2D eigenvalue weighted by Crippen LogP contribution is -2.39. The Balaban J connectivity index is 1.74. The first-order chi connectivity index (χ1) is 10.2. The Morgan fingerprint density at radius 3 is 2.90 bits per heavy atom. The molecular formula is C17H19N3O. The molecular weight excluding hydrogens is 262 g/mol. The summed E-state index contributed by atoms with van der Waals surface area (Å²) >= 11 is 0. The van der Waals surface area contributed by atoms with E-state index in [0.29, 0.717) is 5.96 Å². The SMILES string of the molecule is CN1C[C@]2(CCc3c(cccc3-c3ccco3)C2)N=C1N. The second kappa shape index (κ2) is 4.38. The summed E-state index contributed by atoms with van der Waals surface area (Å²) in [4.78, 5) is 6.81. The van der Waals surface area contributed by atoms with Gasteiger partial charge >= 0.3 is 0 Å². The van der Waals surface area contributed by atoms with Crippen LogP contribution in [0.4, 0.5) is 0 Å². The van der Waals surface area contributed by atoms with Crippen molar-refractivity contribution in [1.29, 1.82) is 0 Å². The van der Waals surface area contributed by atoms with Gasteiger partial charge in [-0.15, -0.1) is 0 Å². The molecule has 0 unspecified atom stereocenters. The molecule has 0 saturated heterocycles. The molecule has 2 aliphatic rings. The minimum atomic E-state index is -0.0341. The lowest BCUT2D eigenvalue weighted by atomic mass is 9.77. The van der Waals surface area contributed by atoms with E-state index in [9.17, 15) is 0 Å². The van der Waals surface area contributed by atoms with Crippen LogP contribution in [0.1, 0.15) is 17.5 Å². The van der Waals surface area contributed by atoms with E-state index < -0.39 is 0 Å². The Kier molecular flexibility index (Phi) is 2.61. The van der Waals surface area contributed by atoms with Gasteiger partial charge in [-0.05, 0) is 42.5 Å². The molecule has 1 aliphatic heterocycles. The van der Waals surface area contributed by atoms with Crippen molar-refractivity contribution in [2.24, 2.45) is 10.7 Å². The van der Waals surface area contributed by atoms with Crippen LogP contribution in [-0.4, -0.2) is 30.0 Å². The standard InChI is InChI=1S/C17H19N3O/c1-20-11-17(19-16(20)18)8-7-13-12(10-17)4-2-5-14(13)15-6-3-9-21-15/h2-6,9H,7-8,10-11H2,1H3,(H2,18,19)/t17-/m1/s1. The maximum absolute atomic E-state index is 5.97. The Morgan fingerprint density at radius 1 is 1.29 bits per heavy atom. The van der Waals surface area contributed by atoms with Gasteiger partial charge in [0.2, 0.25) is 0 Å². The average molecular weight is 281 g/mol.